The molecule has 2 aromatic heterocycles. The van der Waals surface area contributed by atoms with Crippen molar-refractivity contribution in [1.29, 1.82) is 0 Å². The van der Waals surface area contributed by atoms with Crippen LogP contribution < -0.4 is 0 Å². The quantitative estimate of drug-likeness (QED) is 0.761. The predicted octanol–water partition coefficient (Wildman–Crippen LogP) is 2.15. The molecule has 0 bridgehead atoms. The first kappa shape index (κ1) is 10.1. The van der Waals surface area contributed by atoms with Crippen molar-refractivity contribution in [2.45, 2.75) is 18.9 Å². The maximum Gasteiger partial charge on any atom is 0.179 e. The summed E-state index contributed by atoms with van der Waals surface area (Å²) < 4.78 is 1.99. The predicted molar refractivity (Wildman–Crippen MR) is 62.6 cm³/mol. The van der Waals surface area contributed by atoms with Crippen molar-refractivity contribution in [2.75, 3.05) is 13.6 Å². The molecule has 0 radical (unpaired) electrons. The lowest BCUT2D eigenvalue weighted by atomic mass is 10.2. The maximum absolute atomic E-state index is 6.08. The molecule has 84 valence electrons. The van der Waals surface area contributed by atoms with Crippen LogP contribution in [0.4, 0.5) is 0 Å². The first-order chi connectivity index (χ1) is 7.77. The number of rotatable bonds is 1. The number of aromatic nitrogens is 3. The summed E-state index contributed by atoms with van der Waals surface area (Å²) in [6.45, 7) is 1.13. The van der Waals surface area contributed by atoms with Gasteiger partial charge in [-0.1, -0.05) is 11.6 Å². The number of hydrogen-bond acceptors (Lipinski definition) is 3. The minimum absolute atomic E-state index is 0.369. The highest BCUT2D eigenvalue weighted by atomic mass is 35.5. The van der Waals surface area contributed by atoms with Crippen LogP contribution in [0.5, 0.6) is 0 Å². The minimum atomic E-state index is 0.369. The van der Waals surface area contributed by atoms with Gasteiger partial charge in [-0.25, -0.2) is 0 Å². The van der Waals surface area contributed by atoms with Gasteiger partial charge in [0.15, 0.2) is 11.5 Å². The Morgan fingerprint density at radius 2 is 2.31 bits per heavy atom. The summed E-state index contributed by atoms with van der Waals surface area (Å²) in [6, 6.07) is 4.14. The van der Waals surface area contributed by atoms with Crippen molar-refractivity contribution in [3.05, 3.63) is 29.2 Å². The van der Waals surface area contributed by atoms with Gasteiger partial charge < -0.3 is 0 Å². The highest BCUT2D eigenvalue weighted by Crippen LogP contribution is 2.30. The molecule has 0 spiro atoms. The summed E-state index contributed by atoms with van der Waals surface area (Å²) in [6.07, 6.45) is 4.34. The van der Waals surface area contributed by atoms with Crippen LogP contribution in [0.3, 0.4) is 0 Å². The van der Waals surface area contributed by atoms with Crippen LogP contribution in [0.1, 0.15) is 24.7 Å². The van der Waals surface area contributed by atoms with Gasteiger partial charge >= 0.3 is 0 Å². The third kappa shape index (κ3) is 1.41. The van der Waals surface area contributed by atoms with E-state index in [-0.39, 0.29) is 0 Å². The monoisotopic (exact) mass is 236 g/mol. The van der Waals surface area contributed by atoms with E-state index in [0.717, 1.165) is 24.4 Å². The minimum Gasteiger partial charge on any atom is -0.296 e. The fraction of sp³-hybridized carbons (Fsp3) is 0.455. The first-order valence-electron chi connectivity index (χ1n) is 5.47. The van der Waals surface area contributed by atoms with Gasteiger partial charge in [0.2, 0.25) is 0 Å². The number of pyridine rings is 1. The second kappa shape index (κ2) is 3.71. The van der Waals surface area contributed by atoms with E-state index in [1.54, 1.807) is 0 Å². The van der Waals surface area contributed by atoms with Crippen LogP contribution in [0, 0.1) is 0 Å². The summed E-state index contributed by atoms with van der Waals surface area (Å²) in [5, 5.41) is 9.08. The Morgan fingerprint density at radius 1 is 1.44 bits per heavy atom. The summed E-state index contributed by atoms with van der Waals surface area (Å²) >= 11 is 6.08. The van der Waals surface area contributed by atoms with E-state index in [2.05, 4.69) is 22.1 Å². The molecule has 5 heteroatoms. The summed E-state index contributed by atoms with van der Waals surface area (Å²) in [7, 11) is 2.13. The number of fused-ring (bicyclic) bond motifs is 1. The molecule has 0 aromatic carbocycles. The Morgan fingerprint density at radius 3 is 3.06 bits per heavy atom. The van der Waals surface area contributed by atoms with Crippen LogP contribution in [0.25, 0.3) is 5.65 Å². The molecule has 1 aliphatic heterocycles. The third-order valence-corrected chi connectivity index (χ3v) is 3.53. The van der Waals surface area contributed by atoms with Crippen molar-refractivity contribution < 1.29 is 0 Å². The van der Waals surface area contributed by atoms with E-state index >= 15 is 0 Å². The van der Waals surface area contributed by atoms with E-state index in [0.29, 0.717) is 11.1 Å². The number of hydrogen-bond donors (Lipinski definition) is 0. The molecule has 3 rings (SSSR count). The normalized spacial score (nSPS) is 22.0. The number of halogens is 1. The lowest BCUT2D eigenvalue weighted by Gasteiger charge is -2.17. The fourth-order valence-electron chi connectivity index (χ4n) is 2.37. The molecule has 3 heterocycles. The van der Waals surface area contributed by atoms with Crippen molar-refractivity contribution in [3.63, 3.8) is 0 Å². The topological polar surface area (TPSA) is 33.4 Å². The highest BCUT2D eigenvalue weighted by Gasteiger charge is 2.27. The van der Waals surface area contributed by atoms with E-state index in [9.17, 15) is 0 Å². The second-order valence-electron chi connectivity index (χ2n) is 4.25. The largest absolute Gasteiger partial charge is 0.296 e. The molecule has 2 aromatic rings. The summed E-state index contributed by atoms with van der Waals surface area (Å²) in [5.41, 5.74) is 0.750. The molecule has 16 heavy (non-hydrogen) atoms. The molecular weight excluding hydrogens is 224 g/mol. The fourth-order valence-corrected chi connectivity index (χ4v) is 2.57. The molecule has 4 nitrogen and oxygen atoms in total. The van der Waals surface area contributed by atoms with Crippen molar-refractivity contribution in [1.82, 2.24) is 19.5 Å². The van der Waals surface area contributed by atoms with Gasteiger partial charge in [-0.15, -0.1) is 10.2 Å². The molecule has 1 aliphatic rings. The molecule has 1 unspecified atom stereocenters. The van der Waals surface area contributed by atoms with Crippen molar-refractivity contribution >= 4 is 17.2 Å². The van der Waals surface area contributed by atoms with Gasteiger partial charge in [0.1, 0.15) is 0 Å². The average molecular weight is 237 g/mol. The summed E-state index contributed by atoms with van der Waals surface area (Å²) in [4.78, 5) is 2.32. The maximum atomic E-state index is 6.08. The summed E-state index contributed by atoms with van der Waals surface area (Å²) in [5.74, 6) is 0.998. The van der Waals surface area contributed by atoms with Crippen LogP contribution in [-0.2, 0) is 0 Å². The molecule has 1 fully saturated rings. The smallest absolute Gasteiger partial charge is 0.179 e. The molecule has 0 saturated carbocycles. The zero-order chi connectivity index (χ0) is 11.1. The van der Waals surface area contributed by atoms with Gasteiger partial charge in [-0.3, -0.25) is 9.30 Å². The zero-order valence-electron chi connectivity index (χ0n) is 9.10. The Kier molecular flexibility index (Phi) is 2.33. The van der Waals surface area contributed by atoms with Crippen LogP contribution in [0.2, 0.25) is 5.02 Å². The Bertz CT molecular complexity index is 522. The first-order valence-corrected chi connectivity index (χ1v) is 5.84. The molecule has 0 amide bonds. The van der Waals surface area contributed by atoms with Crippen molar-refractivity contribution in [3.8, 4) is 0 Å². The van der Waals surface area contributed by atoms with Gasteiger partial charge in [0.25, 0.3) is 0 Å². The molecule has 0 N–H and O–H groups in total. The highest BCUT2D eigenvalue weighted by molar-refractivity contribution is 6.33. The van der Waals surface area contributed by atoms with Gasteiger partial charge in [-0.2, -0.15) is 0 Å². The SMILES string of the molecule is CN1CCCC1c1nnc2c(Cl)cccn12. The van der Waals surface area contributed by atoms with E-state index in [4.69, 9.17) is 11.6 Å². The van der Waals surface area contributed by atoms with Crippen LogP contribution in [-0.4, -0.2) is 33.1 Å². The second-order valence-corrected chi connectivity index (χ2v) is 4.65. The standard InChI is InChI=1S/C11H13ClN4/c1-15-6-3-5-9(15)11-14-13-10-8(12)4-2-7-16(10)11/h2,4,7,9H,3,5-6H2,1H3. The van der Waals surface area contributed by atoms with E-state index in [1.165, 1.54) is 6.42 Å². The van der Waals surface area contributed by atoms with E-state index in [1.807, 2.05) is 22.7 Å². The lowest BCUT2D eigenvalue weighted by molar-refractivity contribution is 0.304. The Balaban J connectivity index is 2.14. The van der Waals surface area contributed by atoms with Crippen LogP contribution in [0.15, 0.2) is 18.3 Å². The third-order valence-electron chi connectivity index (χ3n) is 3.23. The van der Waals surface area contributed by atoms with Crippen LogP contribution >= 0.6 is 11.6 Å². The molecule has 1 saturated heterocycles. The average Bonchev–Trinajstić information content (AvgIpc) is 2.84. The molecular formula is C11H13ClN4. The van der Waals surface area contributed by atoms with Gasteiger partial charge in [-0.05, 0) is 38.6 Å². The molecule has 1 atom stereocenters. The number of likely N-dealkylation sites (tertiary alicyclic amines) is 1. The number of nitrogens with zero attached hydrogens (tertiary/aromatic N) is 4. The van der Waals surface area contributed by atoms with E-state index < -0.39 is 0 Å². The van der Waals surface area contributed by atoms with Gasteiger partial charge in [0, 0.05) is 6.20 Å². The lowest BCUT2D eigenvalue weighted by Crippen LogP contribution is -2.19. The van der Waals surface area contributed by atoms with Gasteiger partial charge in [0.05, 0.1) is 11.1 Å². The zero-order valence-corrected chi connectivity index (χ0v) is 9.85. The van der Waals surface area contributed by atoms with Crippen molar-refractivity contribution in [2.24, 2.45) is 0 Å². The molecule has 0 aliphatic carbocycles. The Labute approximate surface area is 98.8 Å². The Hall–Kier alpha value is -1.13.